The van der Waals surface area contributed by atoms with Crippen LogP contribution in [0.5, 0.6) is 0 Å². The van der Waals surface area contributed by atoms with Crippen LogP contribution in [0.15, 0.2) is 0 Å². The van der Waals surface area contributed by atoms with Crippen LogP contribution in [0.1, 0.15) is 0 Å². The lowest BCUT2D eigenvalue weighted by atomic mass is 10.8. The fourth-order valence-corrected chi connectivity index (χ4v) is 0. The molecule has 1 radical (unpaired) electrons. The molecule has 6 heavy (non-hydrogen) atoms. The molecule has 0 spiro atoms. The third kappa shape index (κ3) is 5.40. The molecule has 37 valence electrons. The Hall–Kier alpha value is 1.40. The smallest absolute Gasteiger partial charge is 0.152 e. The van der Waals surface area contributed by atoms with E-state index < -0.39 is 3.36 Å². The third-order valence-electron chi connectivity index (χ3n) is 0.168. The first-order valence-electron chi connectivity index (χ1n) is 1.25. The number of rotatable bonds is 1. The van der Waals surface area contributed by atoms with Crippen molar-refractivity contribution in [1.29, 1.82) is 0 Å². The van der Waals surface area contributed by atoms with E-state index in [0.29, 0.717) is 5.33 Å². The molecule has 0 amide bonds. The number of alkyl halides is 3. The molecule has 1 N–H and O–H groups in total. The molecule has 0 bridgehead atoms. The molecule has 0 aliphatic rings. The Labute approximate surface area is 62.0 Å². The highest BCUT2D eigenvalue weighted by atomic mass is 79.9. The van der Waals surface area contributed by atoms with Crippen LogP contribution in [0, 0.1) is 0 Å². The quantitative estimate of drug-likeness (QED) is 0.519. The van der Waals surface area contributed by atoms with Crippen LogP contribution in [0.2, 0.25) is 0 Å². The van der Waals surface area contributed by atoms with Crippen molar-refractivity contribution in [3.8, 4) is 0 Å². The van der Waals surface area contributed by atoms with E-state index in [9.17, 15) is 0 Å². The van der Waals surface area contributed by atoms with Crippen molar-refractivity contribution in [2.45, 2.75) is 3.36 Å². The Morgan fingerprint density at radius 2 is 1.67 bits per heavy atom. The van der Waals surface area contributed by atoms with Gasteiger partial charge in [0, 0.05) is 5.33 Å². The van der Waals surface area contributed by atoms with Gasteiger partial charge >= 0.3 is 0 Å². The zero-order valence-corrected chi connectivity index (χ0v) is 7.60. The minimum Gasteiger partial charge on any atom is -0.229 e. The second-order valence-electron chi connectivity index (χ2n) is 0.838. The summed E-state index contributed by atoms with van der Waals surface area (Å²) >= 11 is 9.12. The average molecular weight is 281 g/mol. The van der Waals surface area contributed by atoms with Gasteiger partial charge in [-0.25, -0.2) is 5.73 Å². The molecule has 0 saturated carbocycles. The highest BCUT2D eigenvalue weighted by Crippen LogP contribution is 2.22. The van der Waals surface area contributed by atoms with Crippen molar-refractivity contribution in [3.05, 3.63) is 0 Å². The van der Waals surface area contributed by atoms with E-state index in [2.05, 4.69) is 47.8 Å². The fourth-order valence-electron chi connectivity index (χ4n) is 0. The van der Waals surface area contributed by atoms with Crippen molar-refractivity contribution < 1.29 is 0 Å². The van der Waals surface area contributed by atoms with Crippen LogP contribution in [0.3, 0.4) is 0 Å². The van der Waals surface area contributed by atoms with E-state index in [0.717, 1.165) is 0 Å². The van der Waals surface area contributed by atoms with E-state index in [1.165, 1.54) is 0 Å². The summed E-state index contributed by atoms with van der Waals surface area (Å²) in [5, 5.41) is 0.583. The lowest BCUT2D eigenvalue weighted by molar-refractivity contribution is 0.993. The van der Waals surface area contributed by atoms with Crippen LogP contribution in [0.4, 0.5) is 0 Å². The van der Waals surface area contributed by atoms with E-state index >= 15 is 0 Å². The zero-order chi connectivity index (χ0) is 5.21. The van der Waals surface area contributed by atoms with E-state index in [1.807, 2.05) is 0 Å². The first kappa shape index (κ1) is 7.40. The maximum absolute atomic E-state index is 6.97. The number of hydrogen-bond donors (Lipinski definition) is 0. The van der Waals surface area contributed by atoms with Gasteiger partial charge in [-0.15, -0.1) is 0 Å². The summed E-state index contributed by atoms with van der Waals surface area (Å²) in [6.45, 7) is 0. The number of hydrogen-bond acceptors (Lipinski definition) is 0. The van der Waals surface area contributed by atoms with Gasteiger partial charge in [-0.1, -0.05) is 47.8 Å². The summed E-state index contributed by atoms with van der Waals surface area (Å²) in [5.74, 6) is 0. The van der Waals surface area contributed by atoms with Crippen molar-refractivity contribution in [1.82, 2.24) is 5.73 Å². The van der Waals surface area contributed by atoms with Crippen molar-refractivity contribution in [2.75, 3.05) is 5.33 Å². The Balaban J connectivity index is 3.17. The summed E-state index contributed by atoms with van der Waals surface area (Å²) in [7, 11) is 0. The molecule has 0 aromatic heterocycles. The van der Waals surface area contributed by atoms with Crippen LogP contribution in [-0.2, 0) is 0 Å². The minimum absolute atomic E-state index is 0.583. The molecule has 1 nitrogen and oxygen atoms in total. The lowest BCUT2D eigenvalue weighted by Gasteiger charge is -2.04. The minimum atomic E-state index is -0.667. The first-order chi connectivity index (χ1) is 2.56. The van der Waals surface area contributed by atoms with Crippen LogP contribution >= 0.6 is 47.8 Å². The van der Waals surface area contributed by atoms with Gasteiger partial charge in [-0.2, -0.15) is 0 Å². The summed E-state index contributed by atoms with van der Waals surface area (Å²) in [5.41, 5.74) is 6.97. The normalized spacial score (nSPS) is 12.0. The molecular formula is C2H3Br3N. The Morgan fingerprint density at radius 3 is 1.67 bits per heavy atom. The van der Waals surface area contributed by atoms with Gasteiger partial charge in [0.05, 0.1) is 0 Å². The van der Waals surface area contributed by atoms with Crippen LogP contribution in [0.25, 0.3) is 0 Å². The maximum Gasteiger partial charge on any atom is 0.152 e. The Morgan fingerprint density at radius 1 is 1.50 bits per heavy atom. The third-order valence-corrected chi connectivity index (χ3v) is 3.07. The van der Waals surface area contributed by atoms with Gasteiger partial charge in [-0.05, 0) is 0 Å². The molecule has 0 unspecified atom stereocenters. The lowest BCUT2D eigenvalue weighted by Crippen LogP contribution is -2.12. The second kappa shape index (κ2) is 2.64. The summed E-state index contributed by atoms with van der Waals surface area (Å²) in [4.78, 5) is 0. The molecule has 0 aliphatic carbocycles. The largest absolute Gasteiger partial charge is 0.229 e. The van der Waals surface area contributed by atoms with E-state index in [4.69, 9.17) is 5.73 Å². The highest BCUT2D eigenvalue weighted by molar-refractivity contribution is 9.26. The van der Waals surface area contributed by atoms with E-state index in [-0.39, 0.29) is 0 Å². The SMILES string of the molecule is [NH]C(Br)(Br)CBr. The van der Waals surface area contributed by atoms with Crippen LogP contribution < -0.4 is 5.73 Å². The summed E-state index contributed by atoms with van der Waals surface area (Å²) < 4.78 is -0.667. The summed E-state index contributed by atoms with van der Waals surface area (Å²) in [6, 6.07) is 0. The van der Waals surface area contributed by atoms with Crippen molar-refractivity contribution >= 4 is 47.8 Å². The molecule has 0 saturated heterocycles. The van der Waals surface area contributed by atoms with Gasteiger partial charge in [0.1, 0.15) is 0 Å². The molecular weight excluding hydrogens is 278 g/mol. The standard InChI is InChI=1S/C2H3Br3N/c3-1-2(4,5)6/h6H,1H2. The predicted octanol–water partition coefficient (Wildman–Crippen LogP) is 2.11. The van der Waals surface area contributed by atoms with Gasteiger partial charge in [0.25, 0.3) is 0 Å². The Kier molecular flexibility index (Phi) is 3.26. The van der Waals surface area contributed by atoms with Gasteiger partial charge in [-0.3, -0.25) is 0 Å². The summed E-state index contributed by atoms with van der Waals surface area (Å²) in [6.07, 6.45) is 0. The van der Waals surface area contributed by atoms with Gasteiger partial charge in [0.2, 0.25) is 0 Å². The van der Waals surface area contributed by atoms with Gasteiger partial charge in [0.15, 0.2) is 3.36 Å². The molecule has 0 heterocycles. The topological polar surface area (TPSA) is 23.8 Å². The highest BCUT2D eigenvalue weighted by Gasteiger charge is 2.12. The van der Waals surface area contributed by atoms with Crippen molar-refractivity contribution in [2.24, 2.45) is 0 Å². The number of nitrogens with one attached hydrogen (secondary N) is 1. The van der Waals surface area contributed by atoms with Crippen molar-refractivity contribution in [3.63, 3.8) is 0 Å². The zero-order valence-electron chi connectivity index (χ0n) is 2.84. The molecule has 0 aromatic rings. The Bertz CT molecular complexity index is 38.5. The fraction of sp³-hybridized carbons (Fsp3) is 1.00. The molecule has 0 aromatic carbocycles. The van der Waals surface area contributed by atoms with E-state index in [1.54, 1.807) is 0 Å². The maximum atomic E-state index is 6.97. The molecule has 0 fully saturated rings. The predicted molar refractivity (Wildman–Crippen MR) is 37.5 cm³/mol. The average Bonchev–Trinajstić information content (AvgIpc) is 1.35. The molecule has 4 heteroatoms. The van der Waals surface area contributed by atoms with Gasteiger partial charge < -0.3 is 0 Å². The molecule has 0 aliphatic heterocycles. The molecule has 0 rings (SSSR count). The number of halogens is 3. The second-order valence-corrected chi connectivity index (χ2v) is 5.17. The molecule has 0 atom stereocenters. The van der Waals surface area contributed by atoms with Crippen LogP contribution in [-0.4, -0.2) is 8.69 Å². The first-order valence-corrected chi connectivity index (χ1v) is 3.96. The monoisotopic (exact) mass is 278 g/mol.